The first-order chi connectivity index (χ1) is 10.7. The molecule has 2 aromatic heterocycles. The molecule has 1 aromatic carbocycles. The zero-order valence-electron chi connectivity index (χ0n) is 12.3. The number of nitrogens with zero attached hydrogens (tertiary/aromatic N) is 2. The van der Waals surface area contributed by atoms with Gasteiger partial charge in [0.2, 0.25) is 6.54 Å². The molecule has 0 bridgehead atoms. The van der Waals surface area contributed by atoms with Gasteiger partial charge in [-0.1, -0.05) is 24.9 Å². The molecule has 0 aliphatic heterocycles. The van der Waals surface area contributed by atoms with Crippen molar-refractivity contribution in [3.05, 3.63) is 69.5 Å². The molecule has 0 aliphatic rings. The average Bonchev–Trinajstić information content (AvgIpc) is 2.49. The second kappa shape index (κ2) is 6.28. The minimum Gasteiger partial charge on any atom is -0.305 e. The highest BCUT2D eigenvalue weighted by atomic mass is 35.5. The zero-order chi connectivity index (χ0) is 15.5. The van der Waals surface area contributed by atoms with Gasteiger partial charge in [-0.15, -0.1) is 0 Å². The minimum atomic E-state index is -0.139. The van der Waals surface area contributed by atoms with Crippen LogP contribution >= 0.6 is 11.6 Å². The highest BCUT2D eigenvalue weighted by Crippen LogP contribution is 2.14. The van der Waals surface area contributed by atoms with E-state index < -0.39 is 0 Å². The van der Waals surface area contributed by atoms with Crippen LogP contribution in [0, 0.1) is 0 Å². The molecule has 3 aromatic rings. The van der Waals surface area contributed by atoms with Crippen molar-refractivity contribution >= 4 is 22.5 Å². The number of aromatic amines is 1. The van der Waals surface area contributed by atoms with Crippen LogP contribution in [0.2, 0.25) is 5.02 Å². The van der Waals surface area contributed by atoms with Gasteiger partial charge in [-0.3, -0.25) is 4.79 Å². The number of pyridine rings is 1. The van der Waals surface area contributed by atoms with Gasteiger partial charge in [-0.2, -0.15) is 4.57 Å². The van der Waals surface area contributed by atoms with Crippen LogP contribution in [0.4, 0.5) is 0 Å². The third kappa shape index (κ3) is 3.17. The van der Waals surface area contributed by atoms with E-state index >= 15 is 0 Å². The fraction of sp³-hybridized carbons (Fsp3) is 0.235. The summed E-state index contributed by atoms with van der Waals surface area (Å²) in [4.78, 5) is 19.4. The molecule has 0 radical (unpaired) electrons. The molecule has 5 heteroatoms. The van der Waals surface area contributed by atoms with Gasteiger partial charge in [-0.25, -0.2) is 4.98 Å². The largest absolute Gasteiger partial charge is 0.305 e. The Morgan fingerprint density at radius 1 is 1.23 bits per heavy atom. The van der Waals surface area contributed by atoms with Crippen molar-refractivity contribution in [2.45, 2.75) is 26.3 Å². The average molecular weight is 315 g/mol. The molecular weight excluding hydrogens is 298 g/mol. The molecule has 112 valence electrons. The van der Waals surface area contributed by atoms with Crippen molar-refractivity contribution < 1.29 is 4.57 Å². The molecule has 1 N–H and O–H groups in total. The first-order valence-corrected chi connectivity index (χ1v) is 7.70. The lowest BCUT2D eigenvalue weighted by Gasteiger charge is -2.02. The smallest absolute Gasteiger partial charge is 0.258 e. The van der Waals surface area contributed by atoms with Crippen LogP contribution in [0.5, 0.6) is 0 Å². The monoisotopic (exact) mass is 314 g/mol. The van der Waals surface area contributed by atoms with Gasteiger partial charge in [-0.05, 0) is 30.2 Å². The molecule has 0 fully saturated rings. The summed E-state index contributed by atoms with van der Waals surface area (Å²) in [6.07, 6.45) is 6.22. The Morgan fingerprint density at radius 3 is 2.73 bits per heavy atom. The Balaban J connectivity index is 1.91. The fourth-order valence-corrected chi connectivity index (χ4v) is 2.62. The maximum Gasteiger partial charge on any atom is 0.258 e. The van der Waals surface area contributed by atoms with E-state index in [2.05, 4.69) is 29.0 Å². The molecule has 3 rings (SSSR count). The Kier molecular flexibility index (Phi) is 4.20. The van der Waals surface area contributed by atoms with E-state index in [4.69, 9.17) is 11.6 Å². The Hall–Kier alpha value is -2.20. The topological polar surface area (TPSA) is 49.6 Å². The Bertz CT molecular complexity index is 856. The number of aromatic nitrogens is 3. The van der Waals surface area contributed by atoms with Crippen LogP contribution in [-0.2, 0) is 13.0 Å². The highest BCUT2D eigenvalue weighted by molar-refractivity contribution is 6.31. The van der Waals surface area contributed by atoms with Gasteiger partial charge < -0.3 is 4.98 Å². The SMILES string of the molecule is CCCc1cc[n+](Cc2nc3cc(Cl)ccc3c(=O)[nH]2)cc1. The maximum atomic E-state index is 12.1. The molecule has 0 amide bonds. The second-order valence-corrected chi connectivity index (χ2v) is 5.74. The minimum absolute atomic E-state index is 0.139. The van der Waals surface area contributed by atoms with Crippen LogP contribution in [0.3, 0.4) is 0 Å². The summed E-state index contributed by atoms with van der Waals surface area (Å²) in [5.74, 6) is 0.619. The third-order valence-corrected chi connectivity index (χ3v) is 3.78. The standard InChI is InChI=1S/C17H16ClN3O/c1-2-3-12-6-8-21(9-7-12)11-16-19-15-10-13(18)4-5-14(15)17(22)20-16/h4-10H,2-3,11H2,1H3/p+1. The predicted molar refractivity (Wildman–Crippen MR) is 87.1 cm³/mol. The molecule has 0 aliphatic carbocycles. The van der Waals surface area contributed by atoms with E-state index in [-0.39, 0.29) is 5.56 Å². The van der Waals surface area contributed by atoms with E-state index in [1.807, 2.05) is 17.0 Å². The number of aryl methyl sites for hydroxylation is 1. The number of halogens is 1. The van der Waals surface area contributed by atoms with Crippen LogP contribution < -0.4 is 10.1 Å². The number of rotatable bonds is 4. The van der Waals surface area contributed by atoms with Crippen LogP contribution in [-0.4, -0.2) is 9.97 Å². The number of fused-ring (bicyclic) bond motifs is 1. The number of benzene rings is 1. The van der Waals surface area contributed by atoms with E-state index in [9.17, 15) is 4.79 Å². The van der Waals surface area contributed by atoms with Gasteiger partial charge in [0.05, 0.1) is 10.9 Å². The molecule has 2 heterocycles. The highest BCUT2D eigenvalue weighted by Gasteiger charge is 2.09. The molecule has 0 unspecified atom stereocenters. The van der Waals surface area contributed by atoms with Gasteiger partial charge in [0.1, 0.15) is 0 Å². The first-order valence-electron chi connectivity index (χ1n) is 7.32. The summed E-state index contributed by atoms with van der Waals surface area (Å²) >= 11 is 5.97. The van der Waals surface area contributed by atoms with Crippen molar-refractivity contribution in [1.82, 2.24) is 9.97 Å². The van der Waals surface area contributed by atoms with E-state index in [1.54, 1.807) is 18.2 Å². The molecular formula is C17H17ClN3O+. The molecule has 22 heavy (non-hydrogen) atoms. The fourth-order valence-electron chi connectivity index (χ4n) is 2.46. The Labute approximate surface area is 133 Å². The summed E-state index contributed by atoms with van der Waals surface area (Å²) in [6.45, 7) is 2.68. The van der Waals surface area contributed by atoms with Crippen LogP contribution in [0.15, 0.2) is 47.5 Å². The normalized spacial score (nSPS) is 11.0. The van der Waals surface area contributed by atoms with Gasteiger partial charge in [0.25, 0.3) is 5.56 Å². The summed E-state index contributed by atoms with van der Waals surface area (Å²) in [5.41, 5.74) is 1.79. The molecule has 4 nitrogen and oxygen atoms in total. The maximum absolute atomic E-state index is 12.1. The van der Waals surface area contributed by atoms with E-state index in [1.165, 1.54) is 5.56 Å². The Morgan fingerprint density at radius 2 is 2.00 bits per heavy atom. The van der Waals surface area contributed by atoms with Crippen molar-refractivity contribution in [3.63, 3.8) is 0 Å². The summed E-state index contributed by atoms with van der Waals surface area (Å²) in [5, 5.41) is 1.13. The van der Waals surface area contributed by atoms with Crippen LogP contribution in [0.1, 0.15) is 24.7 Å². The molecule has 0 atom stereocenters. The second-order valence-electron chi connectivity index (χ2n) is 5.30. The molecule has 0 saturated heterocycles. The predicted octanol–water partition coefficient (Wildman–Crippen LogP) is 2.86. The lowest BCUT2D eigenvalue weighted by atomic mass is 10.1. The van der Waals surface area contributed by atoms with Crippen molar-refractivity contribution in [2.75, 3.05) is 0 Å². The summed E-state index contributed by atoms with van der Waals surface area (Å²) in [7, 11) is 0. The van der Waals surface area contributed by atoms with Gasteiger partial charge in [0, 0.05) is 17.2 Å². The number of nitrogens with one attached hydrogen (secondary N) is 1. The van der Waals surface area contributed by atoms with Crippen molar-refractivity contribution in [3.8, 4) is 0 Å². The number of hydrogen-bond acceptors (Lipinski definition) is 2. The number of H-pyrrole nitrogens is 1. The van der Waals surface area contributed by atoms with E-state index in [0.29, 0.717) is 28.3 Å². The zero-order valence-corrected chi connectivity index (χ0v) is 13.1. The summed E-state index contributed by atoms with van der Waals surface area (Å²) in [6, 6.07) is 9.30. The van der Waals surface area contributed by atoms with Crippen molar-refractivity contribution in [1.29, 1.82) is 0 Å². The quantitative estimate of drug-likeness (QED) is 0.753. The lowest BCUT2D eigenvalue weighted by molar-refractivity contribution is -0.689. The van der Waals surface area contributed by atoms with Gasteiger partial charge >= 0.3 is 0 Å². The summed E-state index contributed by atoms with van der Waals surface area (Å²) < 4.78 is 1.99. The first kappa shape index (κ1) is 14.7. The molecule has 0 spiro atoms. The van der Waals surface area contributed by atoms with Gasteiger partial charge in [0.15, 0.2) is 18.2 Å². The van der Waals surface area contributed by atoms with Crippen molar-refractivity contribution in [2.24, 2.45) is 0 Å². The van der Waals surface area contributed by atoms with Crippen LogP contribution in [0.25, 0.3) is 10.9 Å². The number of hydrogen-bond donors (Lipinski definition) is 1. The van der Waals surface area contributed by atoms with E-state index in [0.717, 1.165) is 12.8 Å². The third-order valence-electron chi connectivity index (χ3n) is 3.55. The molecule has 0 saturated carbocycles. The lowest BCUT2D eigenvalue weighted by Crippen LogP contribution is -2.35.